The predicted molar refractivity (Wildman–Crippen MR) is 94.2 cm³/mol. The van der Waals surface area contributed by atoms with Gasteiger partial charge in [0.1, 0.15) is 5.82 Å². The number of halogens is 2. The number of hydrogen-bond donors (Lipinski definition) is 1. The lowest BCUT2D eigenvalue weighted by Gasteiger charge is -2.16. The molecule has 2 aromatic heterocycles. The van der Waals surface area contributed by atoms with Crippen molar-refractivity contribution in [2.75, 3.05) is 18.0 Å². The summed E-state index contributed by atoms with van der Waals surface area (Å²) in [7, 11) is 0. The van der Waals surface area contributed by atoms with Crippen LogP contribution in [0.25, 0.3) is 17.0 Å². The van der Waals surface area contributed by atoms with Gasteiger partial charge in [-0.15, -0.1) is 15.3 Å². The third-order valence-corrected chi connectivity index (χ3v) is 4.67. The first-order valence-corrected chi connectivity index (χ1v) is 8.43. The Hall–Kier alpha value is -2.38. The van der Waals surface area contributed by atoms with Crippen LogP contribution < -0.4 is 4.90 Å². The lowest BCUT2D eigenvalue weighted by molar-refractivity contribution is -0.140. The van der Waals surface area contributed by atoms with Crippen LogP contribution in [0.1, 0.15) is 6.42 Å². The molecule has 25 heavy (non-hydrogen) atoms. The van der Waals surface area contributed by atoms with Crippen molar-refractivity contribution in [2.45, 2.75) is 6.42 Å². The van der Waals surface area contributed by atoms with Gasteiger partial charge in [-0.1, -0.05) is 23.2 Å². The zero-order valence-corrected chi connectivity index (χ0v) is 14.4. The molecule has 0 radical (unpaired) electrons. The van der Waals surface area contributed by atoms with Crippen molar-refractivity contribution in [1.29, 1.82) is 0 Å². The summed E-state index contributed by atoms with van der Waals surface area (Å²) in [5, 5.41) is 23.0. The van der Waals surface area contributed by atoms with E-state index < -0.39 is 5.97 Å². The molecule has 1 saturated heterocycles. The maximum absolute atomic E-state index is 11.2. The minimum atomic E-state index is -0.776. The summed E-state index contributed by atoms with van der Waals surface area (Å²) >= 11 is 12.1. The van der Waals surface area contributed by atoms with E-state index in [0.29, 0.717) is 52.4 Å². The van der Waals surface area contributed by atoms with Crippen molar-refractivity contribution < 1.29 is 9.90 Å². The highest BCUT2D eigenvalue weighted by Crippen LogP contribution is 2.27. The Kier molecular flexibility index (Phi) is 3.97. The second-order valence-corrected chi connectivity index (χ2v) is 6.79. The molecule has 9 heteroatoms. The second-order valence-electron chi connectivity index (χ2n) is 5.91. The normalized spacial score (nSPS) is 17.4. The van der Waals surface area contributed by atoms with Gasteiger partial charge >= 0.3 is 5.97 Å². The molecule has 128 valence electrons. The summed E-state index contributed by atoms with van der Waals surface area (Å²) in [5.41, 5.74) is 1.29. The van der Waals surface area contributed by atoms with E-state index in [2.05, 4.69) is 15.3 Å². The van der Waals surface area contributed by atoms with Gasteiger partial charge in [-0.05, 0) is 36.8 Å². The van der Waals surface area contributed by atoms with Crippen molar-refractivity contribution in [3.8, 4) is 11.4 Å². The maximum Gasteiger partial charge on any atom is 0.308 e. The Morgan fingerprint density at radius 1 is 1.16 bits per heavy atom. The summed E-state index contributed by atoms with van der Waals surface area (Å²) in [5.74, 6) is 0.0624. The van der Waals surface area contributed by atoms with Gasteiger partial charge in [-0.2, -0.15) is 4.52 Å². The van der Waals surface area contributed by atoms with E-state index in [-0.39, 0.29) is 5.92 Å². The fourth-order valence-electron chi connectivity index (χ4n) is 2.98. The molecule has 3 aromatic rings. The van der Waals surface area contributed by atoms with E-state index in [1.54, 1.807) is 28.8 Å². The molecule has 1 aromatic carbocycles. The molecule has 0 aliphatic carbocycles. The minimum absolute atomic E-state index is 0.371. The van der Waals surface area contributed by atoms with E-state index in [9.17, 15) is 4.79 Å². The van der Waals surface area contributed by atoms with Crippen LogP contribution in [-0.4, -0.2) is 44.0 Å². The van der Waals surface area contributed by atoms with Crippen LogP contribution in [0.5, 0.6) is 0 Å². The van der Waals surface area contributed by atoms with Crippen LogP contribution in [0.15, 0.2) is 30.3 Å². The highest BCUT2D eigenvalue weighted by molar-refractivity contribution is 6.35. The third kappa shape index (κ3) is 3.01. The van der Waals surface area contributed by atoms with Gasteiger partial charge in [0.05, 0.1) is 5.92 Å². The van der Waals surface area contributed by atoms with Crippen LogP contribution in [-0.2, 0) is 4.79 Å². The van der Waals surface area contributed by atoms with Crippen LogP contribution in [0, 0.1) is 5.92 Å². The average molecular weight is 378 g/mol. The lowest BCUT2D eigenvalue weighted by Crippen LogP contribution is -2.24. The molecule has 0 bridgehead atoms. The number of hydrogen-bond acceptors (Lipinski definition) is 5. The minimum Gasteiger partial charge on any atom is -0.481 e. The summed E-state index contributed by atoms with van der Waals surface area (Å²) in [6.07, 6.45) is 0.605. The van der Waals surface area contributed by atoms with Gasteiger partial charge in [0, 0.05) is 28.7 Å². The van der Waals surface area contributed by atoms with Crippen molar-refractivity contribution in [3.63, 3.8) is 0 Å². The molecule has 1 atom stereocenters. The fourth-order valence-corrected chi connectivity index (χ4v) is 3.51. The quantitative estimate of drug-likeness (QED) is 0.755. The number of benzene rings is 1. The van der Waals surface area contributed by atoms with Crippen LogP contribution in [0.3, 0.4) is 0 Å². The highest BCUT2D eigenvalue weighted by atomic mass is 35.5. The smallest absolute Gasteiger partial charge is 0.308 e. The molecule has 7 nitrogen and oxygen atoms in total. The van der Waals surface area contributed by atoms with Crippen molar-refractivity contribution in [1.82, 2.24) is 19.8 Å². The molecule has 3 heterocycles. The summed E-state index contributed by atoms with van der Waals surface area (Å²) in [6.45, 7) is 1.09. The molecular formula is C16H13Cl2N5O2. The number of rotatable bonds is 3. The zero-order chi connectivity index (χ0) is 17.6. The number of aromatic nitrogens is 4. The van der Waals surface area contributed by atoms with Crippen molar-refractivity contribution in [3.05, 3.63) is 40.4 Å². The average Bonchev–Trinajstić information content (AvgIpc) is 3.20. The lowest BCUT2D eigenvalue weighted by atomic mass is 10.1. The fraction of sp³-hybridized carbons (Fsp3) is 0.250. The van der Waals surface area contributed by atoms with Gasteiger partial charge in [-0.25, -0.2) is 0 Å². The summed E-state index contributed by atoms with van der Waals surface area (Å²) in [6, 6.07) is 8.76. The molecule has 1 aliphatic rings. The number of fused-ring (bicyclic) bond motifs is 1. The Bertz CT molecular complexity index is 954. The molecule has 4 rings (SSSR count). The van der Waals surface area contributed by atoms with Crippen molar-refractivity contribution >= 4 is 40.6 Å². The summed E-state index contributed by atoms with van der Waals surface area (Å²) in [4.78, 5) is 13.1. The molecule has 0 amide bonds. The highest BCUT2D eigenvalue weighted by Gasteiger charge is 2.29. The number of aliphatic carboxylic acids is 1. The number of anilines is 1. The topological polar surface area (TPSA) is 83.6 Å². The Balaban J connectivity index is 1.74. The molecular weight excluding hydrogens is 365 g/mol. The van der Waals surface area contributed by atoms with Crippen molar-refractivity contribution in [2.24, 2.45) is 5.92 Å². The second kappa shape index (κ2) is 6.16. The van der Waals surface area contributed by atoms with Crippen LogP contribution in [0.2, 0.25) is 10.0 Å². The number of carboxylic acids is 1. The van der Waals surface area contributed by atoms with Crippen LogP contribution in [0.4, 0.5) is 5.82 Å². The number of carbonyl (C=O) groups is 1. The Morgan fingerprint density at radius 2 is 1.92 bits per heavy atom. The number of nitrogens with zero attached hydrogens (tertiary/aromatic N) is 5. The Labute approximate surface area is 152 Å². The standard InChI is InChI=1S/C16H13Cl2N5O2/c17-11-5-10(6-12(18)7-11)15-20-19-13-1-2-14(21-23(13)15)22-4-3-9(8-22)16(24)25/h1-2,5-7,9H,3-4,8H2,(H,24,25). The van der Waals surface area contributed by atoms with E-state index in [0.717, 1.165) is 0 Å². The van der Waals surface area contributed by atoms with Gasteiger partial charge < -0.3 is 10.0 Å². The molecule has 1 fully saturated rings. The van der Waals surface area contributed by atoms with E-state index in [1.807, 2.05) is 11.0 Å². The number of carboxylic acid groups (broad SMARTS) is 1. The molecule has 0 saturated carbocycles. The molecule has 0 spiro atoms. The summed E-state index contributed by atoms with van der Waals surface area (Å²) < 4.78 is 1.62. The first-order chi connectivity index (χ1) is 12.0. The van der Waals surface area contributed by atoms with Gasteiger partial charge in [0.25, 0.3) is 0 Å². The largest absolute Gasteiger partial charge is 0.481 e. The first kappa shape index (κ1) is 16.1. The van der Waals surface area contributed by atoms with Crippen LogP contribution >= 0.6 is 23.2 Å². The molecule has 1 aliphatic heterocycles. The van der Waals surface area contributed by atoms with Gasteiger partial charge in [-0.3, -0.25) is 4.79 Å². The predicted octanol–water partition coefficient (Wildman–Crippen LogP) is 3.01. The maximum atomic E-state index is 11.2. The monoisotopic (exact) mass is 377 g/mol. The molecule has 1 N–H and O–H groups in total. The Morgan fingerprint density at radius 3 is 2.60 bits per heavy atom. The molecule has 1 unspecified atom stereocenters. The zero-order valence-electron chi connectivity index (χ0n) is 12.9. The van der Waals surface area contributed by atoms with E-state index in [4.69, 9.17) is 28.3 Å². The van der Waals surface area contributed by atoms with E-state index in [1.165, 1.54) is 0 Å². The first-order valence-electron chi connectivity index (χ1n) is 7.68. The van der Waals surface area contributed by atoms with E-state index >= 15 is 0 Å². The SMILES string of the molecule is O=C(O)C1CCN(c2ccc3nnc(-c4cc(Cl)cc(Cl)c4)n3n2)C1. The van der Waals surface area contributed by atoms with Gasteiger partial charge in [0.15, 0.2) is 11.5 Å². The van der Waals surface area contributed by atoms with Gasteiger partial charge in [0.2, 0.25) is 0 Å². The third-order valence-electron chi connectivity index (χ3n) is 4.23.